The molecule has 142 valence electrons. The lowest BCUT2D eigenvalue weighted by molar-refractivity contribution is 0.328. The van der Waals surface area contributed by atoms with Crippen LogP contribution in [0.5, 0.6) is 0 Å². The van der Waals surface area contributed by atoms with E-state index in [9.17, 15) is 0 Å². The van der Waals surface area contributed by atoms with Gasteiger partial charge < -0.3 is 0 Å². The first kappa shape index (κ1) is 17.9. The van der Waals surface area contributed by atoms with Crippen molar-refractivity contribution in [3.8, 4) is 0 Å². The molecule has 0 aliphatic carbocycles. The van der Waals surface area contributed by atoms with Gasteiger partial charge in [-0.25, -0.2) is 0 Å². The Morgan fingerprint density at radius 2 is 1.24 bits per heavy atom. The van der Waals surface area contributed by atoms with Crippen LogP contribution in [0.15, 0.2) is 109 Å². The van der Waals surface area contributed by atoms with E-state index >= 15 is 0 Å². The lowest BCUT2D eigenvalue weighted by Gasteiger charge is -2.36. The van der Waals surface area contributed by atoms with Gasteiger partial charge in [0.1, 0.15) is 24.5 Å². The van der Waals surface area contributed by atoms with Crippen molar-refractivity contribution in [2.75, 3.05) is 0 Å². The van der Waals surface area contributed by atoms with Crippen LogP contribution in [0, 0.1) is 0 Å². The van der Waals surface area contributed by atoms with Crippen LogP contribution in [0.25, 0.3) is 10.8 Å². The predicted octanol–water partition coefficient (Wildman–Crippen LogP) is 7.18. The minimum Gasteiger partial charge on any atom is -0.255 e. The van der Waals surface area contributed by atoms with Crippen molar-refractivity contribution < 1.29 is 0 Å². The summed E-state index contributed by atoms with van der Waals surface area (Å²) in [5.74, 6) is 0.323. The molecule has 1 aliphatic rings. The second-order valence-electron chi connectivity index (χ2n) is 8.19. The van der Waals surface area contributed by atoms with E-state index < -0.39 is 0 Å². The molecule has 0 amide bonds. The maximum atomic E-state index is 4.67. The van der Waals surface area contributed by atoms with E-state index in [1.807, 2.05) is 0 Å². The maximum absolute atomic E-state index is 4.67. The van der Waals surface area contributed by atoms with E-state index in [4.69, 9.17) is 0 Å². The summed E-state index contributed by atoms with van der Waals surface area (Å²) in [4.78, 5) is 0. The third-order valence-electron chi connectivity index (χ3n) is 6.48. The number of benzene rings is 4. The van der Waals surface area contributed by atoms with Gasteiger partial charge in [0.05, 0.1) is 5.92 Å². The Labute approximate surface area is 173 Å². The molecular weight excluding hydrogens is 350 g/mol. The molecule has 0 radical (unpaired) electrons. The average Bonchev–Trinajstić information content (AvgIpc) is 2.97. The molecule has 1 heterocycles. The first-order valence-electron chi connectivity index (χ1n) is 10.4. The summed E-state index contributed by atoms with van der Waals surface area (Å²) in [6.07, 6.45) is 0. The van der Waals surface area contributed by atoms with Crippen LogP contribution in [0.1, 0.15) is 29.5 Å². The number of rotatable bonds is 4. The van der Waals surface area contributed by atoms with Crippen LogP contribution in [-0.4, -0.2) is 0 Å². The highest BCUT2D eigenvalue weighted by Gasteiger charge is 2.47. The van der Waals surface area contributed by atoms with Gasteiger partial charge in [-0.05, 0) is 30.3 Å². The number of allylic oxidation sites excluding steroid dienone is 1. The molecule has 0 aromatic heterocycles. The zero-order valence-corrected chi connectivity index (χ0v) is 16.9. The highest BCUT2D eigenvalue weighted by molar-refractivity contribution is 5.92. The van der Waals surface area contributed by atoms with E-state index in [1.165, 1.54) is 38.8 Å². The summed E-state index contributed by atoms with van der Waals surface area (Å²) < 4.78 is 0.787. The second-order valence-corrected chi connectivity index (χ2v) is 8.19. The molecule has 0 saturated heterocycles. The number of quaternary nitrogens is 1. The Kier molecular flexibility index (Phi) is 4.34. The van der Waals surface area contributed by atoms with Crippen molar-refractivity contribution in [2.45, 2.75) is 25.9 Å². The van der Waals surface area contributed by atoms with E-state index in [-0.39, 0.29) is 0 Å². The Morgan fingerprint density at radius 3 is 1.86 bits per heavy atom. The molecule has 0 bridgehead atoms. The van der Waals surface area contributed by atoms with Crippen LogP contribution in [0.3, 0.4) is 0 Å². The van der Waals surface area contributed by atoms with Crippen molar-refractivity contribution in [3.05, 3.63) is 126 Å². The molecule has 5 rings (SSSR count). The van der Waals surface area contributed by atoms with Gasteiger partial charge in [0.25, 0.3) is 0 Å². The minimum absolute atomic E-state index is 0.323. The van der Waals surface area contributed by atoms with Gasteiger partial charge in [-0.3, -0.25) is 4.48 Å². The van der Waals surface area contributed by atoms with Crippen molar-refractivity contribution in [1.82, 2.24) is 4.48 Å². The molecule has 1 heteroatoms. The van der Waals surface area contributed by atoms with Crippen molar-refractivity contribution in [2.24, 2.45) is 0 Å². The molecule has 1 nitrogen and oxygen atoms in total. The molecule has 0 spiro atoms. The fraction of sp³-hybridized carbons (Fsp3) is 0.143. The summed E-state index contributed by atoms with van der Waals surface area (Å²) >= 11 is 0. The topological polar surface area (TPSA) is 0 Å². The lowest BCUT2D eigenvalue weighted by Crippen LogP contribution is -2.44. The molecule has 4 aromatic carbocycles. The molecule has 1 aliphatic heterocycles. The number of hydrogen-bond acceptors (Lipinski definition) is 0. The van der Waals surface area contributed by atoms with Gasteiger partial charge in [0.2, 0.25) is 0 Å². The lowest BCUT2D eigenvalue weighted by atomic mass is 9.95. The number of hydrogen-bond donors (Lipinski definition) is 0. The Balaban J connectivity index is 1.74. The van der Waals surface area contributed by atoms with Crippen molar-refractivity contribution in [1.29, 1.82) is 0 Å². The average molecular weight is 377 g/mol. The molecule has 4 aromatic rings. The SMILES string of the molecule is C=C1C(C)c2c(ccc3ccccc23)[N+]1(Cc1ccccc1)Cc1ccccc1. The number of nitrogens with zero attached hydrogens (tertiary/aromatic N) is 1. The normalized spacial score (nSPS) is 17.4. The van der Waals surface area contributed by atoms with Gasteiger partial charge >= 0.3 is 0 Å². The monoisotopic (exact) mass is 376 g/mol. The van der Waals surface area contributed by atoms with E-state index in [2.05, 4.69) is 111 Å². The zero-order valence-electron chi connectivity index (χ0n) is 16.9. The van der Waals surface area contributed by atoms with Crippen molar-refractivity contribution >= 4 is 16.5 Å². The highest BCUT2D eigenvalue weighted by Crippen LogP contribution is 2.52. The van der Waals surface area contributed by atoms with Crippen LogP contribution < -0.4 is 4.48 Å². The summed E-state index contributed by atoms with van der Waals surface area (Å²) in [6.45, 7) is 8.84. The standard InChI is InChI=1S/C28H26N/c1-21-22(2)29(19-23-11-5-3-6-12-23,20-24-13-7-4-8-14-24)27-18-17-25-15-9-10-16-26(25)28(21)27/h3-18,21H,2,19-20H2,1H3/q+1. The Morgan fingerprint density at radius 1 is 0.690 bits per heavy atom. The molecule has 1 atom stereocenters. The van der Waals surface area contributed by atoms with Gasteiger partial charge in [0, 0.05) is 22.8 Å². The maximum Gasteiger partial charge on any atom is 0.142 e. The summed E-state index contributed by atoms with van der Waals surface area (Å²) in [6, 6.07) is 35.1. The van der Waals surface area contributed by atoms with Crippen LogP contribution >= 0.6 is 0 Å². The summed E-state index contributed by atoms with van der Waals surface area (Å²) in [5.41, 5.74) is 6.81. The van der Waals surface area contributed by atoms with Crippen molar-refractivity contribution in [3.63, 3.8) is 0 Å². The fourth-order valence-electron chi connectivity index (χ4n) is 5.02. The fourth-order valence-corrected chi connectivity index (χ4v) is 5.02. The summed E-state index contributed by atoms with van der Waals surface area (Å²) in [5, 5.41) is 2.67. The first-order chi connectivity index (χ1) is 14.2. The Hall–Kier alpha value is -3.16. The van der Waals surface area contributed by atoms with Crippen LogP contribution in [0.2, 0.25) is 0 Å². The van der Waals surface area contributed by atoms with Gasteiger partial charge in [-0.15, -0.1) is 0 Å². The van der Waals surface area contributed by atoms with Crippen LogP contribution in [0.4, 0.5) is 5.69 Å². The second kappa shape index (κ2) is 7.02. The van der Waals surface area contributed by atoms with Gasteiger partial charge in [-0.2, -0.15) is 0 Å². The van der Waals surface area contributed by atoms with E-state index in [0.29, 0.717) is 5.92 Å². The van der Waals surface area contributed by atoms with Crippen LogP contribution in [-0.2, 0) is 13.1 Å². The van der Waals surface area contributed by atoms with Gasteiger partial charge in [-0.1, -0.05) is 84.9 Å². The predicted molar refractivity (Wildman–Crippen MR) is 124 cm³/mol. The highest BCUT2D eigenvalue weighted by atomic mass is 15.4. The summed E-state index contributed by atoms with van der Waals surface area (Å²) in [7, 11) is 0. The van der Waals surface area contributed by atoms with E-state index in [1.54, 1.807) is 0 Å². The molecule has 0 fully saturated rings. The smallest absolute Gasteiger partial charge is 0.142 e. The zero-order chi connectivity index (χ0) is 19.8. The Bertz CT molecular complexity index is 1130. The molecule has 0 N–H and O–H groups in total. The first-order valence-corrected chi connectivity index (χ1v) is 10.4. The molecular formula is C28H26N+. The molecule has 29 heavy (non-hydrogen) atoms. The third-order valence-corrected chi connectivity index (χ3v) is 6.48. The van der Waals surface area contributed by atoms with Gasteiger partial charge in [0.15, 0.2) is 0 Å². The number of fused-ring (bicyclic) bond motifs is 3. The molecule has 1 unspecified atom stereocenters. The molecule has 0 saturated carbocycles. The largest absolute Gasteiger partial charge is 0.255 e. The third kappa shape index (κ3) is 2.90. The quantitative estimate of drug-likeness (QED) is 0.331. The van der Waals surface area contributed by atoms with E-state index in [0.717, 1.165) is 17.6 Å². The minimum atomic E-state index is 0.323.